The molecule has 0 aliphatic heterocycles. The Morgan fingerprint density at radius 1 is 1.16 bits per heavy atom. The molecule has 0 atom stereocenters. The van der Waals surface area contributed by atoms with Crippen molar-refractivity contribution in [3.63, 3.8) is 0 Å². The third-order valence-corrected chi connectivity index (χ3v) is 2.10. The Labute approximate surface area is 105 Å². The molecule has 1 rings (SSSR count). The summed E-state index contributed by atoms with van der Waals surface area (Å²) in [5.74, 6) is -2.74. The lowest BCUT2D eigenvalue weighted by Crippen LogP contribution is -2.31. The number of carbonyl (C=O) groups excluding carboxylic acids is 1. The summed E-state index contributed by atoms with van der Waals surface area (Å²) >= 11 is 0. The average molecular weight is 282 g/mol. The van der Waals surface area contributed by atoms with Gasteiger partial charge in [-0.15, -0.1) is 0 Å². The fraction of sp³-hybridized carbons (Fsp3) is 0.364. The Hall–Kier alpha value is -1.70. The Morgan fingerprint density at radius 2 is 1.74 bits per heavy atom. The highest BCUT2D eigenvalue weighted by molar-refractivity contribution is 5.92. The van der Waals surface area contributed by atoms with Crippen LogP contribution in [0, 0.1) is 11.6 Å². The first-order chi connectivity index (χ1) is 8.79. The quantitative estimate of drug-likeness (QED) is 0.643. The molecule has 0 aromatic heterocycles. The molecular formula is C11H11F5N2O. The van der Waals surface area contributed by atoms with Gasteiger partial charge in [0, 0.05) is 6.54 Å². The molecule has 1 aromatic rings. The van der Waals surface area contributed by atoms with Gasteiger partial charge in [0.05, 0.1) is 13.0 Å². The van der Waals surface area contributed by atoms with Crippen LogP contribution in [0.2, 0.25) is 0 Å². The van der Waals surface area contributed by atoms with E-state index in [9.17, 15) is 26.7 Å². The molecule has 19 heavy (non-hydrogen) atoms. The summed E-state index contributed by atoms with van der Waals surface area (Å²) < 4.78 is 61.6. The summed E-state index contributed by atoms with van der Waals surface area (Å²) in [5, 5.41) is 4.17. The van der Waals surface area contributed by atoms with Gasteiger partial charge in [-0.25, -0.2) is 8.78 Å². The maximum atomic E-state index is 13.1. The molecule has 3 nitrogen and oxygen atoms in total. The summed E-state index contributed by atoms with van der Waals surface area (Å²) in [7, 11) is 0. The van der Waals surface area contributed by atoms with Gasteiger partial charge in [0.15, 0.2) is 0 Å². The minimum atomic E-state index is -4.32. The van der Waals surface area contributed by atoms with Crippen molar-refractivity contribution in [3.05, 3.63) is 29.8 Å². The lowest BCUT2D eigenvalue weighted by atomic mass is 10.3. The van der Waals surface area contributed by atoms with E-state index in [2.05, 4.69) is 5.32 Å². The first-order valence-electron chi connectivity index (χ1n) is 5.31. The minimum Gasteiger partial charge on any atom is -0.320 e. The number of alkyl halides is 3. The van der Waals surface area contributed by atoms with Crippen molar-refractivity contribution < 1.29 is 26.7 Å². The van der Waals surface area contributed by atoms with Gasteiger partial charge in [-0.2, -0.15) is 13.2 Å². The molecule has 0 fully saturated rings. The molecule has 2 N–H and O–H groups in total. The molecule has 0 heterocycles. The van der Waals surface area contributed by atoms with Crippen LogP contribution in [0.15, 0.2) is 18.2 Å². The van der Waals surface area contributed by atoms with Gasteiger partial charge >= 0.3 is 6.18 Å². The Bertz CT molecular complexity index is 427. The number of carbonyl (C=O) groups is 1. The molecule has 0 unspecified atom stereocenters. The van der Waals surface area contributed by atoms with Crippen molar-refractivity contribution in [2.24, 2.45) is 0 Å². The normalized spacial score (nSPS) is 11.4. The first-order valence-corrected chi connectivity index (χ1v) is 5.31. The van der Waals surface area contributed by atoms with Crippen LogP contribution in [0.5, 0.6) is 0 Å². The van der Waals surface area contributed by atoms with Crippen molar-refractivity contribution in [1.29, 1.82) is 0 Å². The Kier molecular flexibility index (Phi) is 5.22. The molecule has 0 saturated heterocycles. The molecule has 0 saturated carbocycles. The summed E-state index contributed by atoms with van der Waals surface area (Å²) in [6.45, 7) is -0.916. The number of hydrogen-bond acceptors (Lipinski definition) is 2. The number of anilines is 1. The van der Waals surface area contributed by atoms with Crippen molar-refractivity contribution in [1.82, 2.24) is 5.32 Å². The minimum absolute atomic E-state index is 0.448. The van der Waals surface area contributed by atoms with Crippen LogP contribution in [0.25, 0.3) is 0 Å². The van der Waals surface area contributed by atoms with Gasteiger partial charge in [-0.05, 0) is 12.1 Å². The zero-order chi connectivity index (χ0) is 14.5. The standard InChI is InChI=1S/C11H11F5N2O/c12-7-2-1-3-8(13)10(7)18-9(19)6-17-5-4-11(14,15)16/h1-3,17H,4-6H2,(H,18,19). The SMILES string of the molecule is O=C(CNCCC(F)(F)F)Nc1c(F)cccc1F. The lowest BCUT2D eigenvalue weighted by Gasteiger charge is -2.09. The monoisotopic (exact) mass is 282 g/mol. The van der Waals surface area contributed by atoms with E-state index >= 15 is 0 Å². The molecule has 106 valence electrons. The van der Waals surface area contributed by atoms with E-state index in [-0.39, 0.29) is 0 Å². The number of amides is 1. The summed E-state index contributed by atoms with van der Waals surface area (Å²) in [6, 6.07) is 3.04. The smallest absolute Gasteiger partial charge is 0.320 e. The van der Waals surface area contributed by atoms with Crippen molar-refractivity contribution in [2.45, 2.75) is 12.6 Å². The summed E-state index contributed by atoms with van der Waals surface area (Å²) in [5.41, 5.74) is -0.620. The fourth-order valence-electron chi connectivity index (χ4n) is 1.23. The highest BCUT2D eigenvalue weighted by atomic mass is 19.4. The van der Waals surface area contributed by atoms with E-state index in [0.717, 1.165) is 18.2 Å². The Balaban J connectivity index is 2.40. The number of benzene rings is 1. The maximum Gasteiger partial charge on any atom is 0.390 e. The zero-order valence-electron chi connectivity index (χ0n) is 9.65. The number of rotatable bonds is 5. The summed E-state index contributed by atoms with van der Waals surface area (Å²) in [6.07, 6.45) is -5.41. The van der Waals surface area contributed by atoms with Gasteiger partial charge in [-0.3, -0.25) is 4.79 Å². The molecule has 1 aromatic carbocycles. The topological polar surface area (TPSA) is 41.1 Å². The number of hydrogen-bond donors (Lipinski definition) is 2. The van der Waals surface area contributed by atoms with E-state index in [1.807, 2.05) is 5.32 Å². The predicted octanol–water partition coefficient (Wildman–Crippen LogP) is 2.45. The van der Waals surface area contributed by atoms with E-state index in [0.29, 0.717) is 0 Å². The van der Waals surface area contributed by atoms with E-state index in [4.69, 9.17) is 0 Å². The average Bonchev–Trinajstić information content (AvgIpc) is 2.28. The molecule has 1 amide bonds. The second-order valence-electron chi connectivity index (χ2n) is 3.69. The Morgan fingerprint density at radius 3 is 2.26 bits per heavy atom. The molecule has 0 spiro atoms. The second kappa shape index (κ2) is 6.46. The maximum absolute atomic E-state index is 13.1. The van der Waals surface area contributed by atoms with Crippen molar-refractivity contribution in [2.75, 3.05) is 18.4 Å². The van der Waals surface area contributed by atoms with Crippen LogP contribution in [0.4, 0.5) is 27.6 Å². The second-order valence-corrected chi connectivity index (χ2v) is 3.69. The van der Waals surface area contributed by atoms with Gasteiger partial charge in [0.1, 0.15) is 17.3 Å². The van der Waals surface area contributed by atoms with Crippen molar-refractivity contribution in [3.8, 4) is 0 Å². The number of nitrogens with one attached hydrogen (secondary N) is 2. The first kappa shape index (κ1) is 15.4. The zero-order valence-corrected chi connectivity index (χ0v) is 9.65. The third-order valence-electron chi connectivity index (χ3n) is 2.10. The van der Waals surface area contributed by atoms with E-state index < -0.39 is 48.9 Å². The van der Waals surface area contributed by atoms with Crippen molar-refractivity contribution >= 4 is 11.6 Å². The van der Waals surface area contributed by atoms with Crippen LogP contribution in [-0.4, -0.2) is 25.2 Å². The lowest BCUT2D eigenvalue weighted by molar-refractivity contribution is -0.134. The number of halogens is 5. The van der Waals surface area contributed by atoms with Crippen LogP contribution < -0.4 is 10.6 Å². The van der Waals surface area contributed by atoms with Crippen LogP contribution in [0.3, 0.4) is 0 Å². The molecule has 0 radical (unpaired) electrons. The van der Waals surface area contributed by atoms with E-state index in [1.54, 1.807) is 0 Å². The molecule has 0 aliphatic carbocycles. The predicted molar refractivity (Wildman–Crippen MR) is 58.5 cm³/mol. The highest BCUT2D eigenvalue weighted by Crippen LogP contribution is 2.18. The van der Waals surface area contributed by atoms with Gasteiger partial charge in [0.2, 0.25) is 5.91 Å². The third kappa shape index (κ3) is 5.64. The molecule has 8 heteroatoms. The van der Waals surface area contributed by atoms with Gasteiger partial charge < -0.3 is 10.6 Å². The van der Waals surface area contributed by atoms with E-state index in [1.165, 1.54) is 0 Å². The highest BCUT2D eigenvalue weighted by Gasteiger charge is 2.26. The largest absolute Gasteiger partial charge is 0.390 e. The van der Waals surface area contributed by atoms with Gasteiger partial charge in [0.25, 0.3) is 0 Å². The van der Waals surface area contributed by atoms with Crippen LogP contribution in [0.1, 0.15) is 6.42 Å². The van der Waals surface area contributed by atoms with Gasteiger partial charge in [-0.1, -0.05) is 6.07 Å². The van der Waals surface area contributed by atoms with Crippen LogP contribution >= 0.6 is 0 Å². The fourth-order valence-corrected chi connectivity index (χ4v) is 1.23. The molecular weight excluding hydrogens is 271 g/mol. The van der Waals surface area contributed by atoms with Crippen LogP contribution in [-0.2, 0) is 4.79 Å². The molecule has 0 aliphatic rings. The number of para-hydroxylation sites is 1. The molecule has 0 bridgehead atoms. The summed E-state index contributed by atoms with van der Waals surface area (Å²) in [4.78, 5) is 11.3.